The highest BCUT2D eigenvalue weighted by Crippen LogP contribution is 2.22. The molecule has 0 aliphatic carbocycles. The normalized spacial score (nSPS) is 12.1. The Bertz CT molecular complexity index is 650. The Morgan fingerprint density at radius 3 is 2.76 bits per heavy atom. The fourth-order valence-electron chi connectivity index (χ4n) is 1.87. The number of nitro benzene ring substituents is 1. The zero-order valence-electron chi connectivity index (χ0n) is 11.2. The second-order valence-corrected chi connectivity index (χ2v) is 4.54. The number of hydrogen-bond donors (Lipinski definition) is 1. The molecule has 0 aliphatic rings. The van der Waals surface area contributed by atoms with Gasteiger partial charge in [-0.05, 0) is 18.6 Å². The summed E-state index contributed by atoms with van der Waals surface area (Å²) >= 11 is 0. The van der Waals surface area contributed by atoms with Gasteiger partial charge in [-0.1, -0.05) is 6.07 Å². The first-order chi connectivity index (χ1) is 9.99. The maximum atomic E-state index is 13.6. The summed E-state index contributed by atoms with van der Waals surface area (Å²) in [5, 5.41) is 13.7. The minimum Gasteiger partial charge on any atom is -0.306 e. The van der Waals surface area contributed by atoms with E-state index in [4.69, 9.17) is 0 Å². The van der Waals surface area contributed by atoms with E-state index < -0.39 is 22.2 Å². The van der Waals surface area contributed by atoms with Gasteiger partial charge in [-0.25, -0.2) is 4.39 Å². The molecule has 2 aromatic rings. The Hall–Kier alpha value is -2.41. The van der Waals surface area contributed by atoms with Crippen molar-refractivity contribution in [2.24, 2.45) is 0 Å². The predicted octanol–water partition coefficient (Wildman–Crippen LogP) is 3.12. The van der Waals surface area contributed by atoms with E-state index in [1.54, 1.807) is 18.5 Å². The van der Waals surface area contributed by atoms with Crippen LogP contribution in [-0.4, -0.2) is 9.91 Å². The molecule has 0 fully saturated rings. The van der Waals surface area contributed by atoms with Gasteiger partial charge in [0.25, 0.3) is 0 Å². The number of nitro groups is 1. The molecule has 5 nitrogen and oxygen atoms in total. The van der Waals surface area contributed by atoms with E-state index in [9.17, 15) is 18.9 Å². The number of rotatable bonds is 5. The van der Waals surface area contributed by atoms with E-state index in [2.05, 4.69) is 10.3 Å². The lowest BCUT2D eigenvalue weighted by molar-refractivity contribution is -0.387. The summed E-state index contributed by atoms with van der Waals surface area (Å²) in [4.78, 5) is 13.8. The summed E-state index contributed by atoms with van der Waals surface area (Å²) in [5.74, 6) is -1.99. The van der Waals surface area contributed by atoms with Crippen LogP contribution < -0.4 is 5.32 Å². The van der Waals surface area contributed by atoms with Crippen molar-refractivity contribution in [2.75, 3.05) is 0 Å². The van der Waals surface area contributed by atoms with Gasteiger partial charge >= 0.3 is 5.69 Å². The Balaban J connectivity index is 2.13. The van der Waals surface area contributed by atoms with Crippen LogP contribution in [0.4, 0.5) is 14.5 Å². The van der Waals surface area contributed by atoms with Crippen LogP contribution in [0.5, 0.6) is 0 Å². The molecule has 1 atom stereocenters. The molecule has 0 spiro atoms. The fraction of sp³-hybridized carbons (Fsp3) is 0.214. The summed E-state index contributed by atoms with van der Waals surface area (Å²) in [6.45, 7) is 1.90. The summed E-state index contributed by atoms with van der Waals surface area (Å²) < 4.78 is 26.9. The van der Waals surface area contributed by atoms with Crippen LogP contribution in [0.3, 0.4) is 0 Å². The van der Waals surface area contributed by atoms with Crippen LogP contribution in [0, 0.1) is 21.7 Å². The Kier molecular flexibility index (Phi) is 4.54. The second kappa shape index (κ2) is 6.36. The second-order valence-electron chi connectivity index (χ2n) is 4.54. The van der Waals surface area contributed by atoms with Crippen LogP contribution in [0.25, 0.3) is 0 Å². The zero-order valence-corrected chi connectivity index (χ0v) is 11.2. The maximum absolute atomic E-state index is 13.6. The number of nitrogens with zero attached hydrogens (tertiary/aromatic N) is 2. The highest BCUT2D eigenvalue weighted by molar-refractivity contribution is 5.37. The first kappa shape index (κ1) is 15.0. The molecule has 0 aliphatic heterocycles. The smallest absolute Gasteiger partial charge is 0.305 e. The van der Waals surface area contributed by atoms with Crippen molar-refractivity contribution in [3.63, 3.8) is 0 Å². The Labute approximate surface area is 119 Å². The van der Waals surface area contributed by atoms with Gasteiger partial charge in [0.1, 0.15) is 5.82 Å². The van der Waals surface area contributed by atoms with Gasteiger partial charge in [0.2, 0.25) is 5.82 Å². The lowest BCUT2D eigenvalue weighted by atomic mass is 10.1. The summed E-state index contributed by atoms with van der Waals surface area (Å²) in [6, 6.07) is 4.95. The molecule has 0 amide bonds. The largest absolute Gasteiger partial charge is 0.306 e. The fourth-order valence-corrected chi connectivity index (χ4v) is 1.87. The van der Waals surface area contributed by atoms with Gasteiger partial charge in [0.05, 0.1) is 4.92 Å². The molecule has 1 heterocycles. The van der Waals surface area contributed by atoms with E-state index in [1.807, 2.05) is 13.0 Å². The van der Waals surface area contributed by atoms with E-state index in [0.717, 1.165) is 11.6 Å². The minimum absolute atomic E-state index is 0.0406. The van der Waals surface area contributed by atoms with Gasteiger partial charge < -0.3 is 5.32 Å². The number of benzene rings is 1. The van der Waals surface area contributed by atoms with Gasteiger partial charge in [-0.3, -0.25) is 15.1 Å². The molecule has 21 heavy (non-hydrogen) atoms. The van der Waals surface area contributed by atoms with Gasteiger partial charge in [0, 0.05) is 42.7 Å². The van der Waals surface area contributed by atoms with Gasteiger partial charge in [0.15, 0.2) is 0 Å². The quantitative estimate of drug-likeness (QED) is 0.679. The van der Waals surface area contributed by atoms with Crippen LogP contribution in [0.2, 0.25) is 0 Å². The average Bonchev–Trinajstić information content (AvgIpc) is 2.46. The summed E-state index contributed by atoms with van der Waals surface area (Å²) in [6.07, 6.45) is 3.31. The van der Waals surface area contributed by atoms with E-state index >= 15 is 0 Å². The van der Waals surface area contributed by atoms with Crippen LogP contribution in [0.1, 0.15) is 24.1 Å². The SMILES string of the molecule is CC(NCc1cc([N+](=O)[O-])c(F)cc1F)c1cccnc1. The van der Waals surface area contributed by atoms with Crippen molar-refractivity contribution in [2.45, 2.75) is 19.5 Å². The number of halogens is 2. The molecule has 1 aromatic heterocycles. The highest BCUT2D eigenvalue weighted by Gasteiger charge is 2.18. The average molecular weight is 293 g/mol. The molecule has 2 rings (SSSR count). The van der Waals surface area contributed by atoms with E-state index in [-0.39, 0.29) is 18.2 Å². The van der Waals surface area contributed by atoms with Crippen molar-refractivity contribution < 1.29 is 13.7 Å². The highest BCUT2D eigenvalue weighted by atomic mass is 19.1. The van der Waals surface area contributed by atoms with Crippen molar-refractivity contribution in [3.05, 3.63) is 69.5 Å². The van der Waals surface area contributed by atoms with Crippen molar-refractivity contribution in [1.82, 2.24) is 10.3 Å². The third kappa shape index (κ3) is 3.57. The number of pyridine rings is 1. The van der Waals surface area contributed by atoms with Gasteiger partial charge in [-0.15, -0.1) is 0 Å². The molecule has 1 N–H and O–H groups in total. The minimum atomic E-state index is -1.18. The lowest BCUT2D eigenvalue weighted by Gasteiger charge is -2.14. The summed E-state index contributed by atoms with van der Waals surface area (Å²) in [5.41, 5.74) is 0.204. The molecule has 1 unspecified atom stereocenters. The number of hydrogen-bond acceptors (Lipinski definition) is 4. The lowest BCUT2D eigenvalue weighted by Crippen LogP contribution is -2.19. The first-order valence-corrected chi connectivity index (χ1v) is 6.24. The zero-order chi connectivity index (χ0) is 15.4. The molecular formula is C14H13F2N3O2. The van der Waals surface area contributed by atoms with E-state index in [1.165, 1.54) is 0 Å². The van der Waals surface area contributed by atoms with Crippen molar-refractivity contribution in [3.8, 4) is 0 Å². The number of aromatic nitrogens is 1. The molecule has 7 heteroatoms. The van der Waals surface area contributed by atoms with Crippen LogP contribution >= 0.6 is 0 Å². The first-order valence-electron chi connectivity index (χ1n) is 6.24. The third-order valence-corrected chi connectivity index (χ3v) is 3.10. The van der Waals surface area contributed by atoms with Crippen LogP contribution in [0.15, 0.2) is 36.7 Å². The number of nitrogens with one attached hydrogen (secondary N) is 1. The Morgan fingerprint density at radius 2 is 2.14 bits per heavy atom. The molecule has 1 aromatic carbocycles. The monoisotopic (exact) mass is 293 g/mol. The molecule has 0 radical (unpaired) electrons. The Morgan fingerprint density at radius 1 is 1.38 bits per heavy atom. The maximum Gasteiger partial charge on any atom is 0.305 e. The molecule has 0 saturated heterocycles. The summed E-state index contributed by atoms with van der Waals surface area (Å²) in [7, 11) is 0. The molecule has 0 saturated carbocycles. The third-order valence-electron chi connectivity index (χ3n) is 3.10. The molecule has 0 bridgehead atoms. The van der Waals surface area contributed by atoms with Crippen molar-refractivity contribution >= 4 is 5.69 Å². The van der Waals surface area contributed by atoms with Crippen molar-refractivity contribution in [1.29, 1.82) is 0 Å². The molecular weight excluding hydrogens is 280 g/mol. The van der Waals surface area contributed by atoms with Crippen LogP contribution in [-0.2, 0) is 6.54 Å². The predicted molar refractivity (Wildman–Crippen MR) is 72.5 cm³/mol. The molecule has 110 valence electrons. The van der Waals surface area contributed by atoms with E-state index in [0.29, 0.717) is 6.07 Å². The standard InChI is InChI=1S/C14H13F2N3O2/c1-9(10-3-2-4-17-7-10)18-8-11-5-14(19(20)21)13(16)6-12(11)15/h2-7,9,18H,8H2,1H3. The van der Waals surface area contributed by atoms with Gasteiger partial charge in [-0.2, -0.15) is 4.39 Å². The topological polar surface area (TPSA) is 68.1 Å².